The molecule has 1 amide bonds. The number of halogens is 1. The molecule has 1 N–H and O–H groups in total. The summed E-state index contributed by atoms with van der Waals surface area (Å²) in [6, 6.07) is 12.5. The second kappa shape index (κ2) is 9.72. The number of carbonyl (C=O) groups excluding carboxylic acids is 1. The Kier molecular flexibility index (Phi) is 6.76. The van der Waals surface area contributed by atoms with Gasteiger partial charge in [0.15, 0.2) is 0 Å². The maximum Gasteiger partial charge on any atom is 0.352 e. The molecule has 0 unspecified atom stereocenters. The number of hydrogen-bond acceptors (Lipinski definition) is 5. The summed E-state index contributed by atoms with van der Waals surface area (Å²) < 4.78 is 7.60. The summed E-state index contributed by atoms with van der Waals surface area (Å²) in [6.07, 6.45) is 1.68. The summed E-state index contributed by atoms with van der Waals surface area (Å²) >= 11 is 6.25. The maximum atomic E-state index is 13.3. The quantitative estimate of drug-likeness (QED) is 0.600. The van der Waals surface area contributed by atoms with Gasteiger partial charge in [-0.1, -0.05) is 47.5 Å². The van der Waals surface area contributed by atoms with Gasteiger partial charge in [0.05, 0.1) is 18.3 Å². The minimum absolute atomic E-state index is 0.00742. The van der Waals surface area contributed by atoms with Gasteiger partial charge in [0.2, 0.25) is 5.69 Å². The molecule has 1 aliphatic heterocycles. The molecule has 1 aromatic heterocycles. The molecule has 172 valence electrons. The van der Waals surface area contributed by atoms with Crippen molar-refractivity contribution < 1.29 is 9.53 Å². The van der Waals surface area contributed by atoms with E-state index in [-0.39, 0.29) is 24.9 Å². The Morgan fingerprint density at radius 2 is 2.03 bits per heavy atom. The molecular formula is C24H25ClN4O4. The first-order valence-electron chi connectivity index (χ1n) is 10.8. The Labute approximate surface area is 195 Å². The lowest BCUT2D eigenvalue weighted by molar-refractivity contribution is 0.0849. The SMILES string of the molecule is Cc1cccc(Cn2c(=O)c(C(=O)NC[C@@H]3CCCO3)nn(-c3ccc(C)c(Cl)c3)c2=O)c1. The lowest BCUT2D eigenvalue weighted by Crippen LogP contribution is -2.46. The number of aromatic nitrogens is 3. The number of benzene rings is 2. The van der Waals surface area contributed by atoms with Crippen molar-refractivity contribution in [2.45, 2.75) is 39.3 Å². The number of carbonyl (C=O) groups is 1. The molecule has 3 aromatic rings. The van der Waals surface area contributed by atoms with E-state index in [2.05, 4.69) is 10.4 Å². The van der Waals surface area contributed by atoms with Crippen molar-refractivity contribution in [3.05, 3.63) is 90.7 Å². The van der Waals surface area contributed by atoms with Crippen LogP contribution in [0.1, 0.15) is 40.0 Å². The average molecular weight is 469 g/mol. The summed E-state index contributed by atoms with van der Waals surface area (Å²) in [5.41, 5.74) is 1.18. The molecule has 2 aromatic carbocycles. The molecule has 0 radical (unpaired) electrons. The second-order valence-electron chi connectivity index (χ2n) is 8.20. The van der Waals surface area contributed by atoms with Gasteiger partial charge >= 0.3 is 5.69 Å². The molecule has 9 heteroatoms. The van der Waals surface area contributed by atoms with Crippen molar-refractivity contribution in [2.24, 2.45) is 0 Å². The van der Waals surface area contributed by atoms with Crippen LogP contribution in [0.15, 0.2) is 52.1 Å². The van der Waals surface area contributed by atoms with E-state index in [0.29, 0.717) is 17.3 Å². The standard InChI is InChI=1S/C24H25ClN4O4/c1-15-5-3-6-17(11-15)14-28-23(31)21(22(30)26-13-19-7-4-10-33-19)27-29(24(28)32)18-9-8-16(2)20(25)12-18/h3,5-6,8-9,11-12,19H,4,7,10,13-14H2,1-2H3,(H,26,30)/t19-/m0/s1. The molecular weight excluding hydrogens is 444 g/mol. The van der Waals surface area contributed by atoms with Crippen molar-refractivity contribution in [1.29, 1.82) is 0 Å². The van der Waals surface area contributed by atoms with Crippen LogP contribution in [0.5, 0.6) is 0 Å². The number of aryl methyl sites for hydroxylation is 2. The molecule has 33 heavy (non-hydrogen) atoms. The van der Waals surface area contributed by atoms with E-state index in [4.69, 9.17) is 16.3 Å². The highest BCUT2D eigenvalue weighted by atomic mass is 35.5. The smallest absolute Gasteiger partial charge is 0.352 e. The van der Waals surface area contributed by atoms with E-state index in [0.717, 1.165) is 38.8 Å². The molecule has 2 heterocycles. The van der Waals surface area contributed by atoms with Crippen molar-refractivity contribution in [1.82, 2.24) is 19.7 Å². The van der Waals surface area contributed by atoms with E-state index in [9.17, 15) is 14.4 Å². The van der Waals surface area contributed by atoms with E-state index >= 15 is 0 Å². The summed E-state index contributed by atoms with van der Waals surface area (Å²) in [4.78, 5) is 39.4. The van der Waals surface area contributed by atoms with Crippen LogP contribution in [0.2, 0.25) is 5.02 Å². The van der Waals surface area contributed by atoms with Gasteiger partial charge in [-0.25, -0.2) is 4.79 Å². The molecule has 0 spiro atoms. The molecule has 1 saturated heterocycles. The summed E-state index contributed by atoms with van der Waals surface area (Å²) in [5.74, 6) is -0.652. The van der Waals surface area contributed by atoms with E-state index in [1.807, 2.05) is 38.1 Å². The van der Waals surface area contributed by atoms with Crippen LogP contribution in [0.4, 0.5) is 0 Å². The fourth-order valence-electron chi connectivity index (χ4n) is 3.77. The lowest BCUT2D eigenvalue weighted by atomic mass is 10.1. The molecule has 4 rings (SSSR count). The highest BCUT2D eigenvalue weighted by molar-refractivity contribution is 6.31. The zero-order chi connectivity index (χ0) is 23.5. The van der Waals surface area contributed by atoms with Crippen LogP contribution in [0, 0.1) is 13.8 Å². The number of amides is 1. The Bertz CT molecular complexity index is 1310. The molecule has 0 aliphatic carbocycles. The molecule has 1 aliphatic rings. The van der Waals surface area contributed by atoms with Gasteiger partial charge in [0.25, 0.3) is 11.5 Å². The predicted molar refractivity (Wildman–Crippen MR) is 125 cm³/mol. The fraction of sp³-hybridized carbons (Fsp3) is 0.333. The van der Waals surface area contributed by atoms with Gasteiger partial charge in [-0.05, 0) is 49.9 Å². The van der Waals surface area contributed by atoms with E-state index in [1.54, 1.807) is 18.2 Å². The number of ether oxygens (including phenoxy) is 1. The number of rotatable bonds is 6. The van der Waals surface area contributed by atoms with Crippen molar-refractivity contribution >= 4 is 17.5 Å². The van der Waals surface area contributed by atoms with Crippen LogP contribution in [-0.2, 0) is 11.3 Å². The van der Waals surface area contributed by atoms with Gasteiger partial charge in [-0.2, -0.15) is 9.78 Å². The Hall–Kier alpha value is -3.23. The van der Waals surface area contributed by atoms with Gasteiger partial charge in [-0.15, -0.1) is 0 Å². The Morgan fingerprint density at radius 1 is 1.21 bits per heavy atom. The third-order valence-electron chi connectivity index (χ3n) is 5.61. The van der Waals surface area contributed by atoms with Crippen LogP contribution >= 0.6 is 11.6 Å². The third kappa shape index (κ3) is 5.07. The average Bonchev–Trinajstić information content (AvgIpc) is 3.31. The number of nitrogens with one attached hydrogen (secondary N) is 1. The number of hydrogen-bond donors (Lipinski definition) is 1. The van der Waals surface area contributed by atoms with Crippen LogP contribution in [0.3, 0.4) is 0 Å². The van der Waals surface area contributed by atoms with E-state index < -0.39 is 17.2 Å². The largest absolute Gasteiger partial charge is 0.376 e. The molecule has 8 nitrogen and oxygen atoms in total. The van der Waals surface area contributed by atoms with Gasteiger partial charge in [-0.3, -0.25) is 14.2 Å². The van der Waals surface area contributed by atoms with Crippen LogP contribution in [-0.4, -0.2) is 39.5 Å². The minimum atomic E-state index is -0.749. The third-order valence-corrected chi connectivity index (χ3v) is 6.02. The first-order chi connectivity index (χ1) is 15.8. The van der Waals surface area contributed by atoms with Gasteiger partial charge in [0, 0.05) is 18.2 Å². The summed E-state index contributed by atoms with van der Waals surface area (Å²) in [7, 11) is 0. The second-order valence-corrected chi connectivity index (χ2v) is 8.61. The lowest BCUT2D eigenvalue weighted by Gasteiger charge is -2.14. The Morgan fingerprint density at radius 3 is 2.73 bits per heavy atom. The topological polar surface area (TPSA) is 95.2 Å². The van der Waals surface area contributed by atoms with Crippen LogP contribution in [0.25, 0.3) is 5.69 Å². The highest BCUT2D eigenvalue weighted by Gasteiger charge is 2.23. The van der Waals surface area contributed by atoms with Crippen molar-refractivity contribution in [2.75, 3.05) is 13.2 Å². The zero-order valence-corrected chi connectivity index (χ0v) is 19.3. The minimum Gasteiger partial charge on any atom is -0.376 e. The Balaban J connectivity index is 1.79. The summed E-state index contributed by atoms with van der Waals surface area (Å²) in [6.45, 7) is 4.70. The molecule has 1 fully saturated rings. The zero-order valence-electron chi connectivity index (χ0n) is 18.5. The van der Waals surface area contributed by atoms with Crippen molar-refractivity contribution in [3.8, 4) is 5.69 Å². The normalized spacial score (nSPS) is 15.5. The fourth-order valence-corrected chi connectivity index (χ4v) is 3.94. The first-order valence-corrected chi connectivity index (χ1v) is 11.2. The predicted octanol–water partition coefficient (Wildman–Crippen LogP) is 2.62. The monoisotopic (exact) mass is 468 g/mol. The molecule has 1 atom stereocenters. The molecule has 0 bridgehead atoms. The van der Waals surface area contributed by atoms with Gasteiger partial charge < -0.3 is 10.1 Å². The molecule has 0 saturated carbocycles. The number of nitrogens with zero attached hydrogens (tertiary/aromatic N) is 3. The highest BCUT2D eigenvalue weighted by Crippen LogP contribution is 2.18. The maximum absolute atomic E-state index is 13.3. The van der Waals surface area contributed by atoms with Gasteiger partial charge in [0.1, 0.15) is 0 Å². The first kappa shape index (κ1) is 22.9. The van der Waals surface area contributed by atoms with Crippen LogP contribution < -0.4 is 16.6 Å². The van der Waals surface area contributed by atoms with Crippen molar-refractivity contribution in [3.63, 3.8) is 0 Å². The summed E-state index contributed by atoms with van der Waals surface area (Å²) in [5, 5.41) is 7.30. The van der Waals surface area contributed by atoms with E-state index in [1.165, 1.54) is 0 Å².